The van der Waals surface area contributed by atoms with Gasteiger partial charge in [-0.15, -0.1) is 0 Å². The Hall–Kier alpha value is -1.87. The molecule has 9 nitrogen and oxygen atoms in total. The summed E-state index contributed by atoms with van der Waals surface area (Å²) in [6.07, 6.45) is -1.44. The quantitative estimate of drug-likeness (QED) is 0.631. The lowest BCUT2D eigenvalue weighted by atomic mass is 9.98. The molecule has 0 radical (unpaired) electrons. The zero-order valence-corrected chi connectivity index (χ0v) is 15.6. The Morgan fingerprint density at radius 2 is 1.84 bits per heavy atom. The van der Waals surface area contributed by atoms with Crippen LogP contribution in [0.5, 0.6) is 0 Å². The largest absolute Gasteiger partial charge is 0.469 e. The third kappa shape index (κ3) is 6.87. The molecule has 0 aromatic heterocycles. The zero-order chi connectivity index (χ0) is 19.2. The molecule has 1 saturated heterocycles. The van der Waals surface area contributed by atoms with Gasteiger partial charge in [0.05, 0.1) is 26.2 Å². The van der Waals surface area contributed by atoms with Crippen LogP contribution in [0, 0.1) is 0 Å². The molecular formula is C16H28N2O7. The molecule has 0 saturated carbocycles. The van der Waals surface area contributed by atoms with E-state index in [1.165, 1.54) is 21.1 Å². The molecule has 0 bridgehead atoms. The molecule has 25 heavy (non-hydrogen) atoms. The zero-order valence-electron chi connectivity index (χ0n) is 15.6. The van der Waals surface area contributed by atoms with Crippen LogP contribution in [0.25, 0.3) is 0 Å². The number of esters is 1. The van der Waals surface area contributed by atoms with Gasteiger partial charge in [0.2, 0.25) is 5.91 Å². The lowest BCUT2D eigenvalue weighted by Gasteiger charge is -2.40. The van der Waals surface area contributed by atoms with Gasteiger partial charge in [-0.25, -0.2) is 4.79 Å². The molecule has 144 valence electrons. The van der Waals surface area contributed by atoms with Gasteiger partial charge < -0.3 is 29.6 Å². The van der Waals surface area contributed by atoms with Crippen LogP contribution in [-0.4, -0.2) is 68.7 Å². The van der Waals surface area contributed by atoms with E-state index in [0.717, 1.165) is 0 Å². The highest BCUT2D eigenvalue weighted by molar-refractivity contribution is 5.86. The van der Waals surface area contributed by atoms with E-state index in [-0.39, 0.29) is 12.5 Å². The first-order valence-corrected chi connectivity index (χ1v) is 8.08. The number of hydrogen-bond donors (Lipinski definition) is 2. The number of alkyl carbamates (subject to hydrolysis) is 1. The van der Waals surface area contributed by atoms with E-state index in [1.54, 1.807) is 20.8 Å². The molecule has 4 atom stereocenters. The van der Waals surface area contributed by atoms with Crippen molar-refractivity contribution in [1.82, 2.24) is 10.6 Å². The molecule has 1 aliphatic heterocycles. The van der Waals surface area contributed by atoms with Crippen LogP contribution in [0.2, 0.25) is 0 Å². The van der Waals surface area contributed by atoms with Crippen molar-refractivity contribution < 1.29 is 33.3 Å². The second-order valence-electron chi connectivity index (χ2n) is 6.84. The fourth-order valence-corrected chi connectivity index (χ4v) is 2.23. The van der Waals surface area contributed by atoms with Crippen molar-refractivity contribution in [1.29, 1.82) is 0 Å². The molecule has 0 aromatic carbocycles. The predicted octanol–water partition coefficient (Wildman–Crippen LogP) is 0.361. The first-order valence-electron chi connectivity index (χ1n) is 8.08. The summed E-state index contributed by atoms with van der Waals surface area (Å²) in [7, 11) is 2.80. The normalized spacial score (nSPS) is 22.2. The Kier molecular flexibility index (Phi) is 7.62. The first-order chi connectivity index (χ1) is 11.6. The number of rotatable bonds is 7. The van der Waals surface area contributed by atoms with Gasteiger partial charge in [-0.1, -0.05) is 0 Å². The van der Waals surface area contributed by atoms with Crippen molar-refractivity contribution in [2.24, 2.45) is 0 Å². The van der Waals surface area contributed by atoms with E-state index in [9.17, 15) is 14.4 Å². The summed E-state index contributed by atoms with van der Waals surface area (Å²) in [4.78, 5) is 35.7. The number of amides is 2. The van der Waals surface area contributed by atoms with Crippen molar-refractivity contribution in [3.8, 4) is 0 Å². The monoisotopic (exact) mass is 360 g/mol. The third-order valence-electron chi connectivity index (χ3n) is 3.59. The summed E-state index contributed by atoms with van der Waals surface area (Å²) in [6.45, 7) is 7.08. The van der Waals surface area contributed by atoms with E-state index in [0.29, 0.717) is 6.61 Å². The molecule has 0 unspecified atom stereocenters. The molecule has 0 aliphatic carbocycles. The molecular weight excluding hydrogens is 332 g/mol. The Labute approximate surface area is 147 Å². The van der Waals surface area contributed by atoms with Crippen LogP contribution >= 0.6 is 0 Å². The molecule has 0 spiro atoms. The highest BCUT2D eigenvalue weighted by Crippen LogP contribution is 2.21. The van der Waals surface area contributed by atoms with Gasteiger partial charge in [0, 0.05) is 7.11 Å². The van der Waals surface area contributed by atoms with Crippen molar-refractivity contribution >= 4 is 18.0 Å². The van der Waals surface area contributed by atoms with Crippen molar-refractivity contribution in [2.75, 3.05) is 20.8 Å². The Morgan fingerprint density at radius 1 is 1.20 bits per heavy atom. The lowest BCUT2D eigenvalue weighted by Crippen LogP contribution is -2.61. The lowest BCUT2D eigenvalue weighted by molar-refractivity contribution is -0.191. The van der Waals surface area contributed by atoms with E-state index in [1.807, 2.05) is 0 Å². The van der Waals surface area contributed by atoms with Crippen LogP contribution in [0.15, 0.2) is 0 Å². The van der Waals surface area contributed by atoms with Crippen molar-refractivity contribution in [3.63, 3.8) is 0 Å². The molecule has 1 heterocycles. The number of carbonyl (C=O) groups excluding carboxylic acids is 3. The Balaban J connectivity index is 2.64. The van der Waals surface area contributed by atoms with E-state index in [2.05, 4.69) is 15.4 Å². The predicted molar refractivity (Wildman–Crippen MR) is 87.9 cm³/mol. The maximum Gasteiger partial charge on any atom is 0.408 e. The van der Waals surface area contributed by atoms with E-state index in [4.69, 9.17) is 14.2 Å². The van der Waals surface area contributed by atoms with Gasteiger partial charge in [0.15, 0.2) is 0 Å². The van der Waals surface area contributed by atoms with Crippen LogP contribution in [0.1, 0.15) is 34.1 Å². The minimum absolute atomic E-state index is 0.0636. The van der Waals surface area contributed by atoms with Crippen molar-refractivity contribution in [2.45, 2.75) is 64.0 Å². The van der Waals surface area contributed by atoms with Gasteiger partial charge >= 0.3 is 12.1 Å². The number of ether oxygens (including phenoxy) is 4. The summed E-state index contributed by atoms with van der Waals surface area (Å²) in [6, 6.07) is -1.47. The minimum Gasteiger partial charge on any atom is -0.469 e. The van der Waals surface area contributed by atoms with Gasteiger partial charge in [-0.2, -0.15) is 0 Å². The van der Waals surface area contributed by atoms with Gasteiger partial charge in [0.1, 0.15) is 23.9 Å². The average Bonchev–Trinajstić information content (AvgIpc) is 2.43. The molecule has 9 heteroatoms. The first kappa shape index (κ1) is 21.2. The summed E-state index contributed by atoms with van der Waals surface area (Å²) in [5.74, 6) is -0.950. The fraction of sp³-hybridized carbons (Fsp3) is 0.812. The minimum atomic E-state index is -0.851. The topological polar surface area (TPSA) is 112 Å². The van der Waals surface area contributed by atoms with Crippen LogP contribution in [-0.2, 0) is 28.5 Å². The van der Waals surface area contributed by atoms with E-state index >= 15 is 0 Å². The maximum atomic E-state index is 12.3. The summed E-state index contributed by atoms with van der Waals surface area (Å²) < 4.78 is 20.4. The smallest absolute Gasteiger partial charge is 0.408 e. The molecule has 2 N–H and O–H groups in total. The molecule has 2 amide bonds. The average molecular weight is 360 g/mol. The molecule has 1 aliphatic rings. The Morgan fingerprint density at radius 3 is 2.28 bits per heavy atom. The highest BCUT2D eigenvalue weighted by Gasteiger charge is 2.41. The SMILES string of the molecule is COC(=O)C[C@H](NC(=O)[C@H](C)NC(=O)OC(C)(C)C)[C@H]1OC[C@H]1OC. The number of carbonyl (C=O) groups is 3. The molecule has 1 fully saturated rings. The van der Waals surface area contributed by atoms with Crippen LogP contribution in [0.4, 0.5) is 4.79 Å². The Bertz CT molecular complexity index is 487. The number of hydrogen-bond acceptors (Lipinski definition) is 7. The van der Waals surface area contributed by atoms with Crippen molar-refractivity contribution in [3.05, 3.63) is 0 Å². The third-order valence-corrected chi connectivity index (χ3v) is 3.59. The second-order valence-corrected chi connectivity index (χ2v) is 6.84. The van der Waals surface area contributed by atoms with Gasteiger partial charge in [0.25, 0.3) is 0 Å². The van der Waals surface area contributed by atoms with Gasteiger partial charge in [-0.3, -0.25) is 9.59 Å². The maximum absolute atomic E-state index is 12.3. The van der Waals surface area contributed by atoms with Crippen LogP contribution < -0.4 is 10.6 Å². The fourth-order valence-electron chi connectivity index (χ4n) is 2.23. The summed E-state index contributed by atoms with van der Waals surface area (Å²) in [5.41, 5.74) is -0.668. The molecule has 1 rings (SSSR count). The second kappa shape index (κ2) is 9.00. The van der Waals surface area contributed by atoms with E-state index < -0.39 is 41.8 Å². The molecule has 0 aromatic rings. The summed E-state index contributed by atoms with van der Waals surface area (Å²) in [5, 5.41) is 5.15. The standard InChI is InChI=1S/C16H28N2O7/c1-9(17-15(21)25-16(2,3)4)14(20)18-10(7-12(19)23-6)13-11(22-5)8-24-13/h9-11,13H,7-8H2,1-6H3,(H,17,21)(H,18,20)/t9-,10-,11+,13+/m0/s1. The number of nitrogens with one attached hydrogen (secondary N) is 2. The van der Waals surface area contributed by atoms with Crippen LogP contribution in [0.3, 0.4) is 0 Å². The van der Waals surface area contributed by atoms with Gasteiger partial charge in [-0.05, 0) is 27.7 Å². The summed E-state index contributed by atoms with van der Waals surface area (Å²) >= 11 is 0. The highest BCUT2D eigenvalue weighted by atomic mass is 16.6. The number of methoxy groups -OCH3 is 2.